The minimum absolute atomic E-state index is 0.517. The van der Waals surface area contributed by atoms with Gasteiger partial charge in [-0.3, -0.25) is 4.98 Å². The normalized spacial score (nSPS) is 10.6. The molecule has 0 saturated heterocycles. The van der Waals surface area contributed by atoms with E-state index in [0.29, 0.717) is 25.5 Å². The van der Waals surface area contributed by atoms with Gasteiger partial charge in [-0.15, -0.1) is 0 Å². The average Bonchev–Trinajstić information content (AvgIpc) is 2.37. The monoisotopic (exact) mass is 232 g/mol. The lowest BCUT2D eigenvalue weighted by Crippen LogP contribution is -2.07. The van der Waals surface area contributed by atoms with E-state index in [1.807, 2.05) is 31.2 Å². The van der Waals surface area contributed by atoms with Crippen LogP contribution in [-0.2, 0) is 4.74 Å². The first-order valence-electron chi connectivity index (χ1n) is 5.66. The average molecular weight is 232 g/mol. The highest BCUT2D eigenvalue weighted by Gasteiger charge is 2.05. The largest absolute Gasteiger partial charge is 0.489 e. The summed E-state index contributed by atoms with van der Waals surface area (Å²) in [6.07, 6.45) is 1.73. The van der Waals surface area contributed by atoms with Crippen molar-refractivity contribution in [3.8, 4) is 5.75 Å². The third kappa shape index (κ3) is 2.65. The van der Waals surface area contributed by atoms with Crippen LogP contribution in [0.1, 0.15) is 6.92 Å². The molecule has 0 aliphatic heterocycles. The SMILES string of the molecule is CCOCCOc1ccc(N)c2cccnc12. The zero-order chi connectivity index (χ0) is 12.1. The molecule has 0 amide bonds. The molecule has 0 spiro atoms. The number of anilines is 1. The molecule has 0 atom stereocenters. The fourth-order valence-electron chi connectivity index (χ4n) is 1.64. The number of nitrogens with two attached hydrogens (primary N) is 1. The summed E-state index contributed by atoms with van der Waals surface area (Å²) in [5.41, 5.74) is 7.39. The number of hydrogen-bond acceptors (Lipinski definition) is 4. The molecule has 0 aliphatic carbocycles. The second-order valence-electron chi connectivity index (χ2n) is 3.60. The van der Waals surface area contributed by atoms with Crippen LogP contribution >= 0.6 is 0 Å². The van der Waals surface area contributed by atoms with Gasteiger partial charge in [-0.1, -0.05) is 0 Å². The van der Waals surface area contributed by atoms with Gasteiger partial charge in [-0.25, -0.2) is 0 Å². The summed E-state index contributed by atoms with van der Waals surface area (Å²) in [5, 5.41) is 0.918. The molecule has 0 bridgehead atoms. The second-order valence-corrected chi connectivity index (χ2v) is 3.60. The van der Waals surface area contributed by atoms with Crippen LogP contribution in [0.25, 0.3) is 10.9 Å². The van der Waals surface area contributed by atoms with Crippen LogP contribution in [0, 0.1) is 0 Å². The van der Waals surface area contributed by atoms with Crippen LogP contribution in [-0.4, -0.2) is 24.8 Å². The molecule has 17 heavy (non-hydrogen) atoms. The van der Waals surface area contributed by atoms with Gasteiger partial charge in [0.05, 0.1) is 6.61 Å². The predicted molar refractivity (Wildman–Crippen MR) is 68.1 cm³/mol. The number of fused-ring (bicyclic) bond motifs is 1. The minimum Gasteiger partial charge on any atom is -0.489 e. The molecule has 0 radical (unpaired) electrons. The number of nitrogen functional groups attached to an aromatic ring is 1. The maximum Gasteiger partial charge on any atom is 0.145 e. The molecule has 0 saturated carbocycles. The molecule has 1 aromatic heterocycles. The molecule has 4 heteroatoms. The van der Waals surface area contributed by atoms with E-state index in [9.17, 15) is 0 Å². The summed E-state index contributed by atoms with van der Waals surface area (Å²) in [6.45, 7) is 3.75. The molecular formula is C13H16N2O2. The lowest BCUT2D eigenvalue weighted by atomic mass is 10.2. The summed E-state index contributed by atoms with van der Waals surface area (Å²) in [5.74, 6) is 0.745. The van der Waals surface area contributed by atoms with E-state index in [0.717, 1.165) is 16.7 Å². The van der Waals surface area contributed by atoms with Crippen molar-refractivity contribution in [1.82, 2.24) is 4.98 Å². The minimum atomic E-state index is 0.517. The molecule has 90 valence electrons. The Morgan fingerprint density at radius 2 is 2.12 bits per heavy atom. The van der Waals surface area contributed by atoms with Gasteiger partial charge in [0.1, 0.15) is 17.9 Å². The first kappa shape index (κ1) is 11.7. The van der Waals surface area contributed by atoms with Crippen LogP contribution in [0.15, 0.2) is 30.5 Å². The number of benzene rings is 1. The third-order valence-electron chi connectivity index (χ3n) is 2.46. The number of ether oxygens (including phenoxy) is 2. The Kier molecular flexibility index (Phi) is 3.77. The van der Waals surface area contributed by atoms with E-state index in [1.54, 1.807) is 6.20 Å². The van der Waals surface area contributed by atoms with Crippen LogP contribution < -0.4 is 10.5 Å². The Morgan fingerprint density at radius 1 is 1.24 bits per heavy atom. The van der Waals surface area contributed by atoms with Crippen molar-refractivity contribution < 1.29 is 9.47 Å². The van der Waals surface area contributed by atoms with Crippen LogP contribution in [0.5, 0.6) is 5.75 Å². The molecule has 0 aliphatic rings. The Hall–Kier alpha value is -1.81. The lowest BCUT2D eigenvalue weighted by Gasteiger charge is -2.09. The zero-order valence-electron chi connectivity index (χ0n) is 9.85. The lowest BCUT2D eigenvalue weighted by molar-refractivity contribution is 0.110. The molecule has 1 aromatic carbocycles. The molecule has 2 N–H and O–H groups in total. The number of nitrogens with zero attached hydrogens (tertiary/aromatic N) is 1. The van der Waals surface area contributed by atoms with Gasteiger partial charge in [0, 0.05) is 23.9 Å². The van der Waals surface area contributed by atoms with Gasteiger partial charge in [-0.2, -0.15) is 0 Å². The van der Waals surface area contributed by atoms with Gasteiger partial charge >= 0.3 is 0 Å². The van der Waals surface area contributed by atoms with E-state index >= 15 is 0 Å². The standard InChI is InChI=1S/C13H16N2O2/c1-2-16-8-9-17-12-6-5-11(14)10-4-3-7-15-13(10)12/h3-7H,2,8-9,14H2,1H3. The Bertz CT molecular complexity index is 500. The van der Waals surface area contributed by atoms with Crippen molar-refractivity contribution in [1.29, 1.82) is 0 Å². The van der Waals surface area contributed by atoms with Gasteiger partial charge < -0.3 is 15.2 Å². The quantitative estimate of drug-likeness (QED) is 0.634. The molecule has 2 aromatic rings. The van der Waals surface area contributed by atoms with E-state index in [-0.39, 0.29) is 0 Å². The van der Waals surface area contributed by atoms with Gasteiger partial charge in [-0.05, 0) is 31.2 Å². The third-order valence-corrected chi connectivity index (χ3v) is 2.46. The highest BCUT2D eigenvalue weighted by molar-refractivity contribution is 5.94. The summed E-state index contributed by atoms with van der Waals surface area (Å²) in [4.78, 5) is 4.30. The first-order chi connectivity index (χ1) is 8.33. The highest BCUT2D eigenvalue weighted by atomic mass is 16.5. The first-order valence-corrected chi connectivity index (χ1v) is 5.66. The summed E-state index contributed by atoms with van der Waals surface area (Å²) >= 11 is 0. The summed E-state index contributed by atoms with van der Waals surface area (Å²) in [7, 11) is 0. The predicted octanol–water partition coefficient (Wildman–Crippen LogP) is 2.23. The molecule has 1 heterocycles. The van der Waals surface area contributed by atoms with Crippen molar-refractivity contribution in [2.45, 2.75) is 6.92 Å². The number of rotatable bonds is 5. The molecular weight excluding hydrogens is 216 g/mol. The number of aromatic nitrogens is 1. The topological polar surface area (TPSA) is 57.4 Å². The summed E-state index contributed by atoms with van der Waals surface area (Å²) < 4.78 is 10.9. The molecule has 4 nitrogen and oxygen atoms in total. The Labute approximate surface area is 100 Å². The molecule has 2 rings (SSSR count). The maximum atomic E-state index is 5.88. The fraction of sp³-hybridized carbons (Fsp3) is 0.308. The van der Waals surface area contributed by atoms with E-state index in [4.69, 9.17) is 15.2 Å². The van der Waals surface area contributed by atoms with Crippen molar-refractivity contribution in [2.75, 3.05) is 25.6 Å². The van der Waals surface area contributed by atoms with E-state index in [1.165, 1.54) is 0 Å². The zero-order valence-corrected chi connectivity index (χ0v) is 9.85. The number of hydrogen-bond donors (Lipinski definition) is 1. The van der Waals surface area contributed by atoms with E-state index < -0.39 is 0 Å². The van der Waals surface area contributed by atoms with Crippen LogP contribution in [0.4, 0.5) is 5.69 Å². The van der Waals surface area contributed by atoms with Crippen molar-refractivity contribution in [2.24, 2.45) is 0 Å². The smallest absolute Gasteiger partial charge is 0.145 e. The van der Waals surface area contributed by atoms with Gasteiger partial charge in [0.15, 0.2) is 0 Å². The fourth-order valence-corrected chi connectivity index (χ4v) is 1.64. The maximum absolute atomic E-state index is 5.88. The van der Waals surface area contributed by atoms with Crippen LogP contribution in [0.3, 0.4) is 0 Å². The Morgan fingerprint density at radius 3 is 2.94 bits per heavy atom. The van der Waals surface area contributed by atoms with Crippen molar-refractivity contribution in [3.05, 3.63) is 30.5 Å². The highest BCUT2D eigenvalue weighted by Crippen LogP contribution is 2.27. The molecule has 0 fully saturated rings. The van der Waals surface area contributed by atoms with Gasteiger partial charge in [0.25, 0.3) is 0 Å². The Balaban J connectivity index is 2.20. The van der Waals surface area contributed by atoms with Crippen molar-refractivity contribution in [3.63, 3.8) is 0 Å². The second kappa shape index (κ2) is 5.50. The van der Waals surface area contributed by atoms with Crippen molar-refractivity contribution >= 4 is 16.6 Å². The van der Waals surface area contributed by atoms with Gasteiger partial charge in [0.2, 0.25) is 0 Å². The molecule has 0 unspecified atom stereocenters. The van der Waals surface area contributed by atoms with E-state index in [2.05, 4.69) is 4.98 Å². The number of pyridine rings is 1. The summed E-state index contributed by atoms with van der Waals surface area (Å²) in [6, 6.07) is 7.48. The van der Waals surface area contributed by atoms with Crippen LogP contribution in [0.2, 0.25) is 0 Å².